The van der Waals surface area contributed by atoms with Crippen molar-refractivity contribution in [2.75, 3.05) is 23.4 Å². The lowest BCUT2D eigenvalue weighted by molar-refractivity contribution is -0.117. The summed E-state index contributed by atoms with van der Waals surface area (Å²) in [6.07, 6.45) is 6.52. The van der Waals surface area contributed by atoms with E-state index in [2.05, 4.69) is 9.88 Å². The van der Waals surface area contributed by atoms with E-state index in [1.54, 1.807) is 18.1 Å². The summed E-state index contributed by atoms with van der Waals surface area (Å²) in [6.45, 7) is 0.453. The maximum Gasteiger partial charge on any atom is 0.246 e. The second-order valence-corrected chi connectivity index (χ2v) is 5.40. The van der Waals surface area contributed by atoms with Crippen LogP contribution in [0, 0.1) is 0 Å². The molecule has 2 heterocycles. The van der Waals surface area contributed by atoms with Gasteiger partial charge in [0.1, 0.15) is 5.15 Å². The van der Waals surface area contributed by atoms with Crippen molar-refractivity contribution >= 4 is 28.9 Å². The topological polar surface area (TPSA) is 36.4 Å². The Morgan fingerprint density at radius 2 is 2.06 bits per heavy atom. The summed E-state index contributed by atoms with van der Waals surface area (Å²) in [7, 11) is 1.79. The van der Waals surface area contributed by atoms with Gasteiger partial charge in [0.2, 0.25) is 5.91 Å². The van der Waals surface area contributed by atoms with Crippen LogP contribution in [-0.4, -0.2) is 30.5 Å². The zero-order valence-electron chi connectivity index (χ0n) is 10.4. The Bertz CT molecular complexity index is 485. The van der Waals surface area contributed by atoms with E-state index >= 15 is 0 Å². The number of aromatic nitrogens is 1. The van der Waals surface area contributed by atoms with Crippen LogP contribution in [-0.2, 0) is 4.79 Å². The number of amides is 1. The Morgan fingerprint density at radius 3 is 2.78 bits per heavy atom. The molecule has 96 valence electrons. The summed E-state index contributed by atoms with van der Waals surface area (Å²) in [6, 6.07) is 2.35. The minimum absolute atomic E-state index is 0.124. The molecular formula is C13H16ClN3O. The highest BCUT2D eigenvalue weighted by molar-refractivity contribution is 6.29. The number of likely N-dealkylation sites (N-methyl/N-ethyl adjacent to an activating group) is 1. The number of fused-ring (bicyclic) bond motifs is 1. The Labute approximate surface area is 112 Å². The van der Waals surface area contributed by atoms with E-state index < -0.39 is 0 Å². The lowest BCUT2D eigenvalue weighted by atomic mass is 10.1. The predicted molar refractivity (Wildman–Crippen MR) is 72.3 cm³/mol. The molecule has 1 aromatic heterocycles. The van der Waals surface area contributed by atoms with Crippen LogP contribution in [0.3, 0.4) is 0 Å². The second kappa shape index (κ2) is 4.43. The molecule has 0 bridgehead atoms. The second-order valence-electron chi connectivity index (χ2n) is 5.01. The molecule has 1 amide bonds. The van der Waals surface area contributed by atoms with Gasteiger partial charge in [0.15, 0.2) is 0 Å². The Hall–Kier alpha value is -1.29. The highest BCUT2D eigenvalue weighted by Crippen LogP contribution is 2.38. The van der Waals surface area contributed by atoms with Crippen molar-refractivity contribution in [1.82, 2.24) is 4.98 Å². The van der Waals surface area contributed by atoms with E-state index in [4.69, 9.17) is 11.6 Å². The van der Waals surface area contributed by atoms with Gasteiger partial charge in [-0.25, -0.2) is 4.98 Å². The van der Waals surface area contributed by atoms with Gasteiger partial charge in [-0.2, -0.15) is 0 Å². The fraction of sp³-hybridized carbons (Fsp3) is 0.538. The number of carbonyl (C=O) groups is 1. The maximum absolute atomic E-state index is 12.0. The van der Waals surface area contributed by atoms with Crippen LogP contribution in [0.15, 0.2) is 12.3 Å². The van der Waals surface area contributed by atoms with E-state index in [9.17, 15) is 4.79 Å². The van der Waals surface area contributed by atoms with Gasteiger partial charge in [-0.1, -0.05) is 24.4 Å². The standard InChI is InChI=1S/C13H16ClN3O/c1-16-11-7-15-12(14)6-10(11)17(8-13(16)18)9-4-2-3-5-9/h6-7,9H,2-5,8H2,1H3. The first-order valence-electron chi connectivity index (χ1n) is 6.35. The number of anilines is 2. The third-order valence-electron chi connectivity index (χ3n) is 3.94. The van der Waals surface area contributed by atoms with Crippen molar-refractivity contribution in [2.24, 2.45) is 0 Å². The average Bonchev–Trinajstić information content (AvgIpc) is 2.87. The number of carbonyl (C=O) groups excluding carboxylic acids is 1. The van der Waals surface area contributed by atoms with Crippen molar-refractivity contribution in [3.63, 3.8) is 0 Å². The van der Waals surface area contributed by atoms with Crippen LogP contribution in [0.1, 0.15) is 25.7 Å². The smallest absolute Gasteiger partial charge is 0.246 e. The van der Waals surface area contributed by atoms with Gasteiger partial charge in [0, 0.05) is 19.2 Å². The van der Waals surface area contributed by atoms with Crippen LogP contribution in [0.5, 0.6) is 0 Å². The van der Waals surface area contributed by atoms with Gasteiger partial charge in [-0.3, -0.25) is 4.79 Å². The molecule has 1 fully saturated rings. The molecule has 0 aromatic carbocycles. The highest BCUT2D eigenvalue weighted by atomic mass is 35.5. The van der Waals surface area contributed by atoms with Crippen LogP contribution < -0.4 is 9.80 Å². The molecule has 1 aromatic rings. The van der Waals surface area contributed by atoms with E-state index in [0.717, 1.165) is 24.2 Å². The molecule has 3 rings (SSSR count). The monoisotopic (exact) mass is 265 g/mol. The summed E-state index contributed by atoms with van der Waals surface area (Å²) in [4.78, 5) is 20.0. The quantitative estimate of drug-likeness (QED) is 0.732. The minimum atomic E-state index is 0.124. The molecule has 2 aliphatic rings. The fourth-order valence-electron chi connectivity index (χ4n) is 2.91. The zero-order valence-corrected chi connectivity index (χ0v) is 11.2. The molecule has 1 aliphatic carbocycles. The Balaban J connectivity index is 2.04. The molecule has 4 nitrogen and oxygen atoms in total. The summed E-state index contributed by atoms with van der Waals surface area (Å²) in [5.74, 6) is 0.124. The van der Waals surface area contributed by atoms with Gasteiger partial charge in [0.05, 0.1) is 24.1 Å². The predicted octanol–water partition coefficient (Wildman–Crippen LogP) is 2.46. The lowest BCUT2D eigenvalue weighted by Crippen LogP contribution is -2.47. The normalized spacial score (nSPS) is 20.4. The van der Waals surface area contributed by atoms with Crippen molar-refractivity contribution in [2.45, 2.75) is 31.7 Å². The minimum Gasteiger partial charge on any atom is -0.357 e. The van der Waals surface area contributed by atoms with Crippen LogP contribution >= 0.6 is 11.6 Å². The molecule has 1 aliphatic heterocycles. The van der Waals surface area contributed by atoms with Gasteiger partial charge < -0.3 is 9.80 Å². The van der Waals surface area contributed by atoms with Gasteiger partial charge in [0.25, 0.3) is 0 Å². The third-order valence-corrected chi connectivity index (χ3v) is 4.15. The van der Waals surface area contributed by atoms with Crippen molar-refractivity contribution in [1.29, 1.82) is 0 Å². The zero-order chi connectivity index (χ0) is 12.7. The van der Waals surface area contributed by atoms with Crippen molar-refractivity contribution in [3.05, 3.63) is 17.4 Å². The molecule has 0 N–H and O–H groups in total. The van der Waals surface area contributed by atoms with Crippen LogP contribution in [0.25, 0.3) is 0 Å². The van der Waals surface area contributed by atoms with Gasteiger partial charge in [-0.05, 0) is 12.8 Å². The summed E-state index contributed by atoms with van der Waals surface area (Å²) >= 11 is 5.99. The molecule has 0 unspecified atom stereocenters. The summed E-state index contributed by atoms with van der Waals surface area (Å²) in [5.41, 5.74) is 1.91. The maximum atomic E-state index is 12.0. The first kappa shape index (κ1) is 11.8. The van der Waals surface area contributed by atoms with Crippen LogP contribution in [0.2, 0.25) is 5.15 Å². The first-order valence-corrected chi connectivity index (χ1v) is 6.73. The molecule has 0 atom stereocenters. The van der Waals surface area contributed by atoms with Gasteiger partial charge >= 0.3 is 0 Å². The molecule has 0 radical (unpaired) electrons. The van der Waals surface area contributed by atoms with Gasteiger partial charge in [-0.15, -0.1) is 0 Å². The summed E-state index contributed by atoms with van der Waals surface area (Å²) in [5, 5.41) is 0.486. The number of nitrogens with zero attached hydrogens (tertiary/aromatic N) is 3. The van der Waals surface area contributed by atoms with E-state index in [-0.39, 0.29) is 5.91 Å². The third kappa shape index (κ3) is 1.85. The van der Waals surface area contributed by atoms with E-state index in [1.165, 1.54) is 12.8 Å². The fourth-order valence-corrected chi connectivity index (χ4v) is 3.07. The van der Waals surface area contributed by atoms with Crippen molar-refractivity contribution < 1.29 is 4.79 Å². The number of pyridine rings is 1. The number of rotatable bonds is 1. The Morgan fingerprint density at radius 1 is 1.33 bits per heavy atom. The molecule has 5 heteroatoms. The van der Waals surface area contributed by atoms with Crippen LogP contribution in [0.4, 0.5) is 11.4 Å². The molecule has 18 heavy (non-hydrogen) atoms. The SMILES string of the molecule is CN1C(=O)CN(C2CCCC2)c2cc(Cl)ncc21. The lowest BCUT2D eigenvalue weighted by Gasteiger charge is -2.38. The highest BCUT2D eigenvalue weighted by Gasteiger charge is 2.32. The average molecular weight is 266 g/mol. The largest absolute Gasteiger partial charge is 0.357 e. The molecule has 0 spiro atoms. The Kier molecular flexibility index (Phi) is 2.90. The number of hydrogen-bond donors (Lipinski definition) is 0. The number of halogens is 1. The first-order chi connectivity index (χ1) is 8.66. The molecule has 1 saturated carbocycles. The molecular weight excluding hydrogens is 250 g/mol. The summed E-state index contributed by atoms with van der Waals surface area (Å²) < 4.78 is 0. The van der Waals surface area contributed by atoms with Crippen molar-refractivity contribution in [3.8, 4) is 0 Å². The number of hydrogen-bond acceptors (Lipinski definition) is 3. The van der Waals surface area contributed by atoms with E-state index in [1.807, 2.05) is 6.07 Å². The molecule has 0 saturated heterocycles. The van der Waals surface area contributed by atoms with E-state index in [0.29, 0.717) is 17.7 Å².